The zero-order chi connectivity index (χ0) is 14.6. The fraction of sp³-hybridized carbons (Fsp3) is 0.273. The number of Topliss-reactive ketones (excluding diaryl/α,β-unsaturated/α-hetero) is 1. The van der Waals surface area contributed by atoms with Crippen LogP contribution in [0, 0.1) is 10.1 Å². The number of nitrogens with zero attached hydrogens (tertiary/aromatic N) is 1. The molecule has 8 heteroatoms. The van der Waals surface area contributed by atoms with Crippen LogP contribution in [0.3, 0.4) is 0 Å². The molecule has 19 heavy (non-hydrogen) atoms. The van der Waals surface area contributed by atoms with Crippen molar-refractivity contribution in [1.29, 1.82) is 0 Å². The molecule has 0 saturated carbocycles. The third kappa shape index (κ3) is 3.36. The third-order valence-corrected chi connectivity index (χ3v) is 2.81. The summed E-state index contributed by atoms with van der Waals surface area (Å²) >= 11 is 3.05. The van der Waals surface area contributed by atoms with Crippen molar-refractivity contribution in [3.63, 3.8) is 0 Å². The highest BCUT2D eigenvalue weighted by Gasteiger charge is 2.30. The summed E-state index contributed by atoms with van der Waals surface area (Å²) in [4.78, 5) is 32.7. The van der Waals surface area contributed by atoms with Gasteiger partial charge in [-0.25, -0.2) is 4.79 Å². The van der Waals surface area contributed by atoms with Gasteiger partial charge >= 0.3 is 5.97 Å². The highest BCUT2D eigenvalue weighted by atomic mass is 79.9. The van der Waals surface area contributed by atoms with Crippen LogP contribution in [0.1, 0.15) is 28.4 Å². The summed E-state index contributed by atoms with van der Waals surface area (Å²) in [6, 6.07) is 3.59. The van der Waals surface area contributed by atoms with Crippen molar-refractivity contribution in [2.24, 2.45) is 0 Å². The number of carboxylic acids is 1. The Bertz CT molecular complexity index is 530. The van der Waals surface area contributed by atoms with Crippen LogP contribution in [-0.2, 0) is 4.79 Å². The Balaban J connectivity index is 3.46. The molecule has 2 N–H and O–H groups in total. The lowest BCUT2D eigenvalue weighted by molar-refractivity contribution is -0.386. The summed E-state index contributed by atoms with van der Waals surface area (Å²) in [5.41, 5.74) is -1.22. The van der Waals surface area contributed by atoms with E-state index >= 15 is 0 Å². The molecule has 1 atom stereocenters. The average Bonchev–Trinajstić information content (AvgIpc) is 2.36. The standard InChI is InChI=1S/C11H10BrNO6/c12-5-4-8(14)6-2-1-3-7(13(18)19)9(6)10(15)11(16)17/h1-3,10,15H,4-5H2,(H,16,17). The van der Waals surface area contributed by atoms with Gasteiger partial charge in [-0.3, -0.25) is 14.9 Å². The fourth-order valence-corrected chi connectivity index (χ4v) is 1.95. The van der Waals surface area contributed by atoms with Gasteiger partial charge in [-0.15, -0.1) is 0 Å². The van der Waals surface area contributed by atoms with E-state index in [2.05, 4.69) is 15.9 Å². The number of hydrogen-bond donors (Lipinski definition) is 2. The van der Waals surface area contributed by atoms with E-state index < -0.39 is 34.0 Å². The summed E-state index contributed by atoms with van der Waals surface area (Å²) in [5.74, 6) is -2.13. The predicted octanol–water partition coefficient (Wildman–Crippen LogP) is 1.68. The Morgan fingerprint density at radius 2 is 2.05 bits per heavy atom. The van der Waals surface area contributed by atoms with Gasteiger partial charge in [0.15, 0.2) is 11.9 Å². The van der Waals surface area contributed by atoms with Gasteiger partial charge in [-0.05, 0) is 0 Å². The van der Waals surface area contributed by atoms with E-state index in [1.165, 1.54) is 12.1 Å². The number of carbonyl (C=O) groups is 2. The first kappa shape index (κ1) is 15.3. The van der Waals surface area contributed by atoms with E-state index in [0.29, 0.717) is 5.33 Å². The van der Waals surface area contributed by atoms with E-state index in [4.69, 9.17) is 5.11 Å². The van der Waals surface area contributed by atoms with Gasteiger partial charge in [0.2, 0.25) is 0 Å². The molecule has 0 spiro atoms. The maximum atomic E-state index is 11.8. The van der Waals surface area contributed by atoms with E-state index in [-0.39, 0.29) is 12.0 Å². The molecule has 7 nitrogen and oxygen atoms in total. The number of alkyl halides is 1. The SMILES string of the molecule is O=C(CCBr)c1cccc([N+](=O)[O-])c1C(O)C(=O)O. The maximum Gasteiger partial charge on any atom is 0.337 e. The third-order valence-electron chi connectivity index (χ3n) is 2.41. The maximum absolute atomic E-state index is 11.8. The van der Waals surface area contributed by atoms with Crippen molar-refractivity contribution >= 4 is 33.4 Å². The number of aliphatic hydroxyl groups is 1. The topological polar surface area (TPSA) is 118 Å². The quantitative estimate of drug-likeness (QED) is 0.354. The Hall–Kier alpha value is -1.80. The number of ketones is 1. The minimum Gasteiger partial charge on any atom is -0.479 e. The molecular weight excluding hydrogens is 322 g/mol. The first-order chi connectivity index (χ1) is 8.90. The number of carboxylic acid groups (broad SMARTS) is 1. The molecule has 1 rings (SSSR count). The zero-order valence-electron chi connectivity index (χ0n) is 9.58. The molecule has 0 aliphatic carbocycles. The molecule has 0 bridgehead atoms. The number of aliphatic carboxylic acids is 1. The Morgan fingerprint density at radius 1 is 1.42 bits per heavy atom. The molecule has 0 aliphatic heterocycles. The largest absolute Gasteiger partial charge is 0.479 e. The number of benzene rings is 1. The molecule has 0 fully saturated rings. The average molecular weight is 332 g/mol. The van der Waals surface area contributed by atoms with Crippen LogP contribution >= 0.6 is 15.9 Å². The second kappa shape index (κ2) is 6.39. The van der Waals surface area contributed by atoms with E-state index in [0.717, 1.165) is 6.07 Å². The van der Waals surface area contributed by atoms with E-state index in [9.17, 15) is 24.8 Å². The molecule has 0 aromatic heterocycles. The molecule has 102 valence electrons. The summed E-state index contributed by atoms with van der Waals surface area (Å²) in [5, 5.41) is 29.5. The molecule has 0 amide bonds. The number of rotatable bonds is 6. The highest BCUT2D eigenvalue weighted by molar-refractivity contribution is 9.09. The predicted molar refractivity (Wildman–Crippen MR) is 68.4 cm³/mol. The summed E-state index contributed by atoms with van der Waals surface area (Å²) < 4.78 is 0. The smallest absolute Gasteiger partial charge is 0.337 e. The second-order valence-corrected chi connectivity index (χ2v) is 4.39. The van der Waals surface area contributed by atoms with Crippen molar-refractivity contribution in [2.75, 3.05) is 5.33 Å². The van der Waals surface area contributed by atoms with Crippen molar-refractivity contribution < 1.29 is 24.7 Å². The van der Waals surface area contributed by atoms with E-state index in [1.54, 1.807) is 0 Å². The van der Waals surface area contributed by atoms with Gasteiger partial charge in [0.1, 0.15) is 0 Å². The number of halogens is 1. The van der Waals surface area contributed by atoms with Crippen LogP contribution in [-0.4, -0.2) is 32.2 Å². The molecule has 0 aliphatic rings. The van der Waals surface area contributed by atoms with Crippen molar-refractivity contribution in [2.45, 2.75) is 12.5 Å². The first-order valence-corrected chi connectivity index (χ1v) is 6.29. The Kier molecular flexibility index (Phi) is 5.13. The van der Waals surface area contributed by atoms with Gasteiger partial charge in [-0.2, -0.15) is 0 Å². The summed E-state index contributed by atoms with van der Waals surface area (Å²) in [6.45, 7) is 0. The Morgan fingerprint density at radius 3 is 2.53 bits per heavy atom. The molecule has 1 aromatic rings. The highest BCUT2D eigenvalue weighted by Crippen LogP contribution is 2.29. The van der Waals surface area contributed by atoms with E-state index in [1.807, 2.05) is 0 Å². The van der Waals surface area contributed by atoms with Crippen molar-refractivity contribution in [1.82, 2.24) is 0 Å². The Labute approximate surface area is 116 Å². The normalized spacial score (nSPS) is 11.9. The van der Waals surface area contributed by atoms with Crippen LogP contribution < -0.4 is 0 Å². The fourth-order valence-electron chi connectivity index (χ4n) is 1.59. The van der Waals surface area contributed by atoms with Gasteiger partial charge in [-0.1, -0.05) is 28.1 Å². The van der Waals surface area contributed by atoms with Gasteiger partial charge < -0.3 is 10.2 Å². The molecule has 0 heterocycles. The van der Waals surface area contributed by atoms with Crippen LogP contribution in [0.2, 0.25) is 0 Å². The molecule has 0 radical (unpaired) electrons. The number of carbonyl (C=O) groups excluding carboxylic acids is 1. The van der Waals surface area contributed by atoms with Gasteiger partial charge in [0.05, 0.1) is 10.5 Å². The summed E-state index contributed by atoms with van der Waals surface area (Å²) in [7, 11) is 0. The lowest BCUT2D eigenvalue weighted by atomic mass is 9.96. The van der Waals surface area contributed by atoms with Crippen LogP contribution in [0.25, 0.3) is 0 Å². The van der Waals surface area contributed by atoms with Gasteiger partial charge in [0, 0.05) is 23.4 Å². The number of nitro benzene ring substituents is 1. The molecule has 0 saturated heterocycles. The number of nitro groups is 1. The molecule has 1 aromatic carbocycles. The lowest BCUT2D eigenvalue weighted by Gasteiger charge is -2.11. The van der Waals surface area contributed by atoms with Crippen molar-refractivity contribution in [3.05, 3.63) is 39.4 Å². The van der Waals surface area contributed by atoms with Crippen LogP contribution in [0.15, 0.2) is 18.2 Å². The second-order valence-electron chi connectivity index (χ2n) is 3.60. The zero-order valence-corrected chi connectivity index (χ0v) is 11.2. The monoisotopic (exact) mass is 331 g/mol. The van der Waals surface area contributed by atoms with Crippen LogP contribution in [0.5, 0.6) is 0 Å². The number of hydrogen-bond acceptors (Lipinski definition) is 5. The molecular formula is C11H10BrNO6. The minimum absolute atomic E-state index is 0.0422. The van der Waals surface area contributed by atoms with Gasteiger partial charge in [0.25, 0.3) is 5.69 Å². The van der Waals surface area contributed by atoms with Crippen LogP contribution in [0.4, 0.5) is 5.69 Å². The lowest BCUT2D eigenvalue weighted by Crippen LogP contribution is -2.17. The first-order valence-electron chi connectivity index (χ1n) is 5.17. The molecule has 1 unspecified atom stereocenters. The minimum atomic E-state index is -2.11. The number of aliphatic hydroxyl groups excluding tert-OH is 1. The summed E-state index contributed by atoms with van der Waals surface area (Å²) in [6.07, 6.45) is -2.07. The van der Waals surface area contributed by atoms with Crippen molar-refractivity contribution in [3.8, 4) is 0 Å².